The first-order chi connectivity index (χ1) is 24.4. The number of halogens is 4. The van der Waals surface area contributed by atoms with Crippen LogP contribution in [-0.2, 0) is 25.7 Å². The van der Waals surface area contributed by atoms with Gasteiger partial charge in [0, 0.05) is 28.9 Å². The highest BCUT2D eigenvalue weighted by molar-refractivity contribution is 6.19. The minimum absolute atomic E-state index is 0.0474. The largest absolute Gasteiger partial charge is 0.478 e. The smallest absolute Gasteiger partial charge is 0.343 e. The normalized spacial score (nSPS) is 11.6. The van der Waals surface area contributed by atoms with Crippen LogP contribution in [0.2, 0.25) is 0 Å². The van der Waals surface area contributed by atoms with E-state index >= 15 is 0 Å². The summed E-state index contributed by atoms with van der Waals surface area (Å²) in [5, 5.41) is 18.3. The summed E-state index contributed by atoms with van der Waals surface area (Å²) in [7, 11) is 0. The molecule has 0 heterocycles. The number of carbonyl (C=O) groups excluding carboxylic acids is 1. The molecule has 0 fully saturated rings. The number of aromatic carboxylic acids is 1. The predicted molar refractivity (Wildman–Crippen MR) is 211 cm³/mol. The third kappa shape index (κ3) is 7.14. The highest BCUT2D eigenvalue weighted by Gasteiger charge is 2.25. The third-order valence-electron chi connectivity index (χ3n) is 9.51. The van der Waals surface area contributed by atoms with E-state index in [2.05, 4.69) is 18.2 Å². The Morgan fingerprint density at radius 1 is 0.520 bits per heavy atom. The second-order valence-corrected chi connectivity index (χ2v) is 14.0. The monoisotopic (exact) mass is 746 g/mol. The van der Waals surface area contributed by atoms with Crippen LogP contribution in [0.25, 0.3) is 43.1 Å². The maximum atomic E-state index is 14.3. The minimum atomic E-state index is -1.18. The molecule has 6 aromatic rings. The van der Waals surface area contributed by atoms with Crippen LogP contribution in [0, 0.1) is 0 Å². The van der Waals surface area contributed by atoms with Crippen LogP contribution >= 0.6 is 46.4 Å². The molecule has 0 saturated carbocycles. The molecule has 0 saturated heterocycles. The second kappa shape index (κ2) is 16.7. The van der Waals surface area contributed by atoms with Gasteiger partial charge in [0.15, 0.2) is 5.75 Å². The zero-order valence-corrected chi connectivity index (χ0v) is 30.7. The molecule has 4 nitrogen and oxygen atoms in total. The summed E-state index contributed by atoms with van der Waals surface area (Å²) >= 11 is 24.7. The first kappa shape index (κ1) is 36.3. The first-order valence-corrected chi connectivity index (χ1v) is 19.2. The van der Waals surface area contributed by atoms with E-state index in [1.807, 2.05) is 48.5 Å². The van der Waals surface area contributed by atoms with Crippen LogP contribution in [0.5, 0.6) is 5.75 Å². The van der Waals surface area contributed by atoms with Crippen molar-refractivity contribution in [3.63, 3.8) is 0 Å². The van der Waals surface area contributed by atoms with Gasteiger partial charge in [0.25, 0.3) is 0 Å². The molecule has 0 aliphatic carbocycles. The number of carbonyl (C=O) groups is 2. The van der Waals surface area contributed by atoms with Gasteiger partial charge in [-0.15, -0.1) is 46.4 Å². The topological polar surface area (TPSA) is 63.6 Å². The van der Waals surface area contributed by atoms with Crippen LogP contribution in [0.4, 0.5) is 0 Å². The van der Waals surface area contributed by atoms with Crippen molar-refractivity contribution in [1.82, 2.24) is 0 Å². The highest BCUT2D eigenvalue weighted by atomic mass is 35.5. The summed E-state index contributed by atoms with van der Waals surface area (Å²) < 4.78 is 6.27. The van der Waals surface area contributed by atoms with Gasteiger partial charge in [0.05, 0.1) is 5.56 Å². The number of hydrogen-bond acceptors (Lipinski definition) is 3. The molecule has 0 aliphatic rings. The average molecular weight is 749 g/mol. The molecule has 0 amide bonds. The van der Waals surface area contributed by atoms with Crippen molar-refractivity contribution in [1.29, 1.82) is 0 Å². The average Bonchev–Trinajstić information content (AvgIpc) is 3.14. The maximum Gasteiger partial charge on any atom is 0.343 e. The van der Waals surface area contributed by atoms with Gasteiger partial charge in [-0.1, -0.05) is 60.7 Å². The van der Waals surface area contributed by atoms with Gasteiger partial charge in [0.2, 0.25) is 0 Å². The Kier molecular flexibility index (Phi) is 12.1. The minimum Gasteiger partial charge on any atom is -0.478 e. The van der Waals surface area contributed by atoms with E-state index in [1.54, 1.807) is 6.07 Å². The van der Waals surface area contributed by atoms with Crippen molar-refractivity contribution in [2.24, 2.45) is 0 Å². The number of aryl methyl sites for hydroxylation is 4. The van der Waals surface area contributed by atoms with Crippen LogP contribution in [0.1, 0.15) is 68.7 Å². The standard InChI is InChI=1S/C42H38Cl4O4/c43-21-5-13-30-27-9-1-2-10-28(27)33(15-7-23-45)38-25-26(17-18-34(30)38)42(49)50-40-37(41(47)48)20-19-36-32(14-6-22-44)29-11-3-4-12-31(29)35(39(36)40)16-8-24-46/h1-4,9-12,17-20,25H,5-8,13-16,21-24H2,(H,47,48). The fourth-order valence-corrected chi connectivity index (χ4v) is 7.91. The number of fused-ring (bicyclic) bond motifs is 4. The van der Waals surface area contributed by atoms with Crippen LogP contribution < -0.4 is 4.74 Å². The third-order valence-corrected chi connectivity index (χ3v) is 10.6. The highest BCUT2D eigenvalue weighted by Crippen LogP contribution is 2.42. The number of benzene rings is 6. The van der Waals surface area contributed by atoms with Crippen molar-refractivity contribution >= 4 is 101 Å². The molecule has 8 heteroatoms. The molecule has 258 valence electrons. The Bertz CT molecular complexity index is 2210. The lowest BCUT2D eigenvalue weighted by atomic mass is 9.86. The molecule has 0 radical (unpaired) electrons. The van der Waals surface area contributed by atoms with Gasteiger partial charge in [-0.05, 0) is 130 Å². The lowest BCUT2D eigenvalue weighted by Gasteiger charge is -2.21. The van der Waals surface area contributed by atoms with E-state index in [1.165, 1.54) is 17.0 Å². The first-order valence-electron chi connectivity index (χ1n) is 17.1. The van der Waals surface area contributed by atoms with Crippen molar-refractivity contribution in [2.45, 2.75) is 51.4 Å². The lowest BCUT2D eigenvalue weighted by Crippen LogP contribution is -2.13. The summed E-state index contributed by atoms with van der Waals surface area (Å²) in [6.45, 7) is 0. The summed E-state index contributed by atoms with van der Waals surface area (Å²) in [5.74, 6) is 0.217. The van der Waals surface area contributed by atoms with Gasteiger partial charge >= 0.3 is 11.9 Å². The Hall–Kier alpha value is -3.54. The Morgan fingerprint density at radius 3 is 1.44 bits per heavy atom. The number of ether oxygens (including phenoxy) is 1. The maximum absolute atomic E-state index is 14.3. The van der Waals surface area contributed by atoms with Crippen molar-refractivity contribution in [3.05, 3.63) is 112 Å². The molecular weight excluding hydrogens is 710 g/mol. The van der Waals surface area contributed by atoms with E-state index < -0.39 is 11.9 Å². The fourth-order valence-electron chi connectivity index (χ4n) is 7.37. The number of hydrogen-bond donors (Lipinski definition) is 1. The van der Waals surface area contributed by atoms with Gasteiger partial charge < -0.3 is 9.84 Å². The predicted octanol–water partition coefficient (Wildman–Crippen LogP) is 11.9. The van der Waals surface area contributed by atoms with E-state index in [0.717, 1.165) is 81.1 Å². The Morgan fingerprint density at radius 2 is 0.940 bits per heavy atom. The molecule has 0 aromatic heterocycles. The van der Waals surface area contributed by atoms with E-state index in [9.17, 15) is 14.7 Å². The molecule has 6 rings (SSSR count). The quantitative estimate of drug-likeness (QED) is 0.0492. The van der Waals surface area contributed by atoms with Gasteiger partial charge in [-0.3, -0.25) is 0 Å². The molecule has 50 heavy (non-hydrogen) atoms. The second-order valence-electron chi connectivity index (χ2n) is 12.5. The van der Waals surface area contributed by atoms with E-state index in [-0.39, 0.29) is 11.3 Å². The van der Waals surface area contributed by atoms with Gasteiger partial charge in [-0.2, -0.15) is 0 Å². The molecule has 6 aromatic carbocycles. The summed E-state index contributed by atoms with van der Waals surface area (Å²) in [6.07, 6.45) is 5.81. The van der Waals surface area contributed by atoms with Crippen LogP contribution in [0.15, 0.2) is 78.9 Å². The van der Waals surface area contributed by atoms with E-state index in [4.69, 9.17) is 51.1 Å². The van der Waals surface area contributed by atoms with E-state index in [0.29, 0.717) is 53.7 Å². The molecule has 1 N–H and O–H groups in total. The number of rotatable bonds is 15. The SMILES string of the molecule is O=C(Oc1c(C(=O)O)ccc2c(CCCCl)c3ccccc3c(CCCCl)c12)c1ccc2c(CCCCl)c3ccccc3c(CCCCl)c2c1. The molecule has 0 spiro atoms. The van der Waals surface area contributed by atoms with Gasteiger partial charge in [0.1, 0.15) is 5.56 Å². The Balaban J connectivity index is 1.57. The van der Waals surface area contributed by atoms with Crippen molar-refractivity contribution in [2.75, 3.05) is 23.5 Å². The zero-order valence-electron chi connectivity index (χ0n) is 27.7. The lowest BCUT2D eigenvalue weighted by molar-refractivity contribution is 0.0682. The fraction of sp³-hybridized carbons (Fsp3) is 0.286. The Labute approximate surface area is 312 Å². The number of carboxylic acid groups (broad SMARTS) is 1. The van der Waals surface area contributed by atoms with Crippen molar-refractivity contribution < 1.29 is 19.4 Å². The molecule has 0 aliphatic heterocycles. The molecule has 0 unspecified atom stereocenters. The summed E-state index contributed by atoms with van der Waals surface area (Å²) in [6, 6.07) is 25.5. The number of carboxylic acids is 1. The molecule has 0 atom stereocenters. The van der Waals surface area contributed by atoms with Gasteiger partial charge in [-0.25, -0.2) is 9.59 Å². The van der Waals surface area contributed by atoms with Crippen LogP contribution in [-0.4, -0.2) is 40.6 Å². The molecule has 0 bridgehead atoms. The van der Waals surface area contributed by atoms with Crippen LogP contribution in [0.3, 0.4) is 0 Å². The molecular formula is C42H38Cl4O4. The summed E-state index contributed by atoms with van der Waals surface area (Å²) in [4.78, 5) is 27.0. The summed E-state index contributed by atoms with van der Waals surface area (Å²) in [5.41, 5.74) is 4.53. The number of alkyl halides is 4. The zero-order chi connectivity index (χ0) is 35.2. The van der Waals surface area contributed by atoms with Crippen molar-refractivity contribution in [3.8, 4) is 5.75 Å². The number of esters is 1.